The zero-order valence-electron chi connectivity index (χ0n) is 13.0. The van der Waals surface area contributed by atoms with Crippen molar-refractivity contribution in [2.75, 3.05) is 32.1 Å². The molecule has 0 aliphatic carbocycles. The molecule has 0 aromatic carbocycles. The predicted molar refractivity (Wildman–Crippen MR) is 82.0 cm³/mol. The molecule has 0 spiro atoms. The van der Waals surface area contributed by atoms with Gasteiger partial charge in [0.25, 0.3) is 0 Å². The van der Waals surface area contributed by atoms with Crippen LogP contribution in [-0.2, 0) is 13.6 Å². The monoisotopic (exact) mass is 277 g/mol. The van der Waals surface area contributed by atoms with Gasteiger partial charge in [-0.1, -0.05) is 0 Å². The Balaban J connectivity index is 1.54. The third-order valence-corrected chi connectivity index (χ3v) is 4.85. The average Bonchev–Trinajstić information content (AvgIpc) is 3.02. The second-order valence-corrected chi connectivity index (χ2v) is 6.44. The summed E-state index contributed by atoms with van der Waals surface area (Å²) < 4.78 is 2.18. The van der Waals surface area contributed by atoms with Crippen molar-refractivity contribution in [1.82, 2.24) is 19.8 Å². The summed E-state index contributed by atoms with van der Waals surface area (Å²) in [5, 5.41) is 3.74. The first kappa shape index (κ1) is 13.9. The molecule has 2 unspecified atom stereocenters. The maximum Gasteiger partial charge on any atom is 0.204 e. The molecule has 112 valence electrons. The van der Waals surface area contributed by atoms with Crippen molar-refractivity contribution in [3.05, 3.63) is 11.9 Å². The average molecular weight is 277 g/mol. The van der Waals surface area contributed by atoms with Crippen LogP contribution < -0.4 is 10.2 Å². The number of nitrogens with one attached hydrogen (secondary N) is 1. The van der Waals surface area contributed by atoms with Crippen molar-refractivity contribution in [2.45, 2.75) is 44.3 Å². The molecular weight excluding hydrogens is 250 g/mol. The van der Waals surface area contributed by atoms with Crippen LogP contribution in [0.3, 0.4) is 0 Å². The highest BCUT2D eigenvalue weighted by atomic mass is 15.3. The SMILES string of the molecule is CN(C)c1ncc(CNC2CCN3CCCC3C2)n1C. The largest absolute Gasteiger partial charge is 0.348 e. The number of piperidine rings is 1. The highest BCUT2D eigenvalue weighted by Gasteiger charge is 2.31. The second-order valence-electron chi connectivity index (χ2n) is 6.44. The lowest BCUT2D eigenvalue weighted by Gasteiger charge is -2.35. The Kier molecular flexibility index (Phi) is 3.98. The topological polar surface area (TPSA) is 36.3 Å². The Morgan fingerprint density at radius 2 is 2.20 bits per heavy atom. The summed E-state index contributed by atoms with van der Waals surface area (Å²) in [6.45, 7) is 3.52. The van der Waals surface area contributed by atoms with Gasteiger partial charge >= 0.3 is 0 Å². The van der Waals surface area contributed by atoms with Crippen LogP contribution in [0.2, 0.25) is 0 Å². The van der Waals surface area contributed by atoms with E-state index >= 15 is 0 Å². The van der Waals surface area contributed by atoms with E-state index in [1.807, 2.05) is 20.3 Å². The lowest BCUT2D eigenvalue weighted by molar-refractivity contribution is 0.166. The van der Waals surface area contributed by atoms with Gasteiger partial charge in [0.1, 0.15) is 0 Å². The first-order valence-electron chi connectivity index (χ1n) is 7.80. The fraction of sp³-hybridized carbons (Fsp3) is 0.800. The van der Waals surface area contributed by atoms with E-state index in [-0.39, 0.29) is 0 Å². The van der Waals surface area contributed by atoms with E-state index in [4.69, 9.17) is 0 Å². The summed E-state index contributed by atoms with van der Waals surface area (Å²) >= 11 is 0. The van der Waals surface area contributed by atoms with Crippen LogP contribution in [-0.4, -0.2) is 53.7 Å². The molecule has 2 fully saturated rings. The van der Waals surface area contributed by atoms with Gasteiger partial charge in [0.05, 0.1) is 11.9 Å². The fourth-order valence-corrected chi connectivity index (χ4v) is 3.67. The number of imidazole rings is 1. The third-order valence-electron chi connectivity index (χ3n) is 4.85. The van der Waals surface area contributed by atoms with Gasteiger partial charge in [0.2, 0.25) is 5.95 Å². The molecule has 3 heterocycles. The van der Waals surface area contributed by atoms with Crippen molar-refractivity contribution in [2.24, 2.45) is 7.05 Å². The number of rotatable bonds is 4. The minimum Gasteiger partial charge on any atom is -0.348 e. The van der Waals surface area contributed by atoms with Crippen molar-refractivity contribution >= 4 is 5.95 Å². The van der Waals surface area contributed by atoms with Crippen molar-refractivity contribution in [1.29, 1.82) is 0 Å². The summed E-state index contributed by atoms with van der Waals surface area (Å²) in [5.74, 6) is 1.02. The van der Waals surface area contributed by atoms with Gasteiger partial charge in [-0.25, -0.2) is 4.98 Å². The smallest absolute Gasteiger partial charge is 0.204 e. The van der Waals surface area contributed by atoms with E-state index in [0.29, 0.717) is 6.04 Å². The van der Waals surface area contributed by atoms with Gasteiger partial charge in [0.15, 0.2) is 0 Å². The van der Waals surface area contributed by atoms with E-state index in [0.717, 1.165) is 18.5 Å². The zero-order valence-corrected chi connectivity index (χ0v) is 13.0. The van der Waals surface area contributed by atoms with Crippen molar-refractivity contribution < 1.29 is 0 Å². The number of nitrogens with zero attached hydrogens (tertiary/aromatic N) is 4. The molecule has 5 heteroatoms. The molecule has 0 amide bonds. The maximum atomic E-state index is 4.47. The zero-order chi connectivity index (χ0) is 14.1. The molecule has 5 nitrogen and oxygen atoms in total. The third kappa shape index (κ3) is 2.69. The predicted octanol–water partition coefficient (Wildman–Crippen LogP) is 1.20. The molecule has 2 atom stereocenters. The van der Waals surface area contributed by atoms with Crippen LogP contribution in [0.15, 0.2) is 6.20 Å². The molecule has 2 aliphatic heterocycles. The Bertz CT molecular complexity index is 453. The van der Waals surface area contributed by atoms with Crippen molar-refractivity contribution in [3.63, 3.8) is 0 Å². The molecule has 2 saturated heterocycles. The Morgan fingerprint density at radius 3 is 2.95 bits per heavy atom. The summed E-state index contributed by atoms with van der Waals surface area (Å²) in [6, 6.07) is 1.51. The molecule has 2 aliphatic rings. The highest BCUT2D eigenvalue weighted by Crippen LogP contribution is 2.27. The highest BCUT2D eigenvalue weighted by molar-refractivity contribution is 5.30. The number of hydrogen-bond acceptors (Lipinski definition) is 4. The lowest BCUT2D eigenvalue weighted by atomic mass is 9.97. The summed E-state index contributed by atoms with van der Waals surface area (Å²) in [5.41, 5.74) is 1.27. The van der Waals surface area contributed by atoms with E-state index in [2.05, 4.69) is 31.7 Å². The number of aromatic nitrogens is 2. The van der Waals surface area contributed by atoms with Crippen LogP contribution in [0.1, 0.15) is 31.4 Å². The van der Waals surface area contributed by atoms with Gasteiger partial charge in [-0.15, -0.1) is 0 Å². The quantitative estimate of drug-likeness (QED) is 0.897. The maximum absolute atomic E-state index is 4.47. The molecule has 0 bridgehead atoms. The number of anilines is 1. The first-order chi connectivity index (χ1) is 9.65. The van der Waals surface area contributed by atoms with Gasteiger partial charge in [0, 0.05) is 39.8 Å². The molecule has 1 aromatic rings. The minimum absolute atomic E-state index is 0.673. The van der Waals surface area contributed by atoms with Gasteiger partial charge < -0.3 is 19.7 Å². The van der Waals surface area contributed by atoms with E-state index in [1.165, 1.54) is 44.5 Å². The normalized spacial score (nSPS) is 26.8. The van der Waals surface area contributed by atoms with Gasteiger partial charge in [-0.2, -0.15) is 0 Å². The van der Waals surface area contributed by atoms with E-state index < -0.39 is 0 Å². The van der Waals surface area contributed by atoms with Crippen molar-refractivity contribution in [3.8, 4) is 0 Å². The number of fused-ring (bicyclic) bond motifs is 1. The molecule has 3 rings (SSSR count). The summed E-state index contributed by atoms with van der Waals surface area (Å²) in [7, 11) is 6.17. The van der Waals surface area contributed by atoms with E-state index in [9.17, 15) is 0 Å². The Hall–Kier alpha value is -1.07. The lowest BCUT2D eigenvalue weighted by Crippen LogP contribution is -2.45. The Morgan fingerprint density at radius 1 is 1.35 bits per heavy atom. The molecule has 20 heavy (non-hydrogen) atoms. The summed E-state index contributed by atoms with van der Waals surface area (Å²) in [4.78, 5) is 9.20. The summed E-state index contributed by atoms with van der Waals surface area (Å²) in [6.07, 6.45) is 7.39. The van der Waals surface area contributed by atoms with Crippen LogP contribution in [0.25, 0.3) is 0 Å². The van der Waals surface area contributed by atoms with Crippen LogP contribution in [0.5, 0.6) is 0 Å². The molecule has 0 saturated carbocycles. The number of hydrogen-bond donors (Lipinski definition) is 1. The standard InChI is InChI=1S/C15H27N5/c1-18(2)15-17-11-14(19(15)3)10-16-12-6-8-20-7-4-5-13(20)9-12/h11-13,16H,4-10H2,1-3H3. The van der Waals surface area contributed by atoms with Crippen LogP contribution in [0.4, 0.5) is 5.95 Å². The van der Waals surface area contributed by atoms with Crippen LogP contribution >= 0.6 is 0 Å². The Labute approximate surface area is 122 Å². The molecule has 1 aromatic heterocycles. The molecular formula is C15H27N5. The fourth-order valence-electron chi connectivity index (χ4n) is 3.67. The minimum atomic E-state index is 0.673. The molecule has 0 radical (unpaired) electrons. The van der Waals surface area contributed by atoms with Gasteiger partial charge in [-0.3, -0.25) is 0 Å². The van der Waals surface area contributed by atoms with E-state index in [1.54, 1.807) is 0 Å². The first-order valence-corrected chi connectivity index (χ1v) is 7.80. The van der Waals surface area contributed by atoms with Crippen LogP contribution in [0, 0.1) is 0 Å². The second kappa shape index (κ2) is 5.74. The molecule has 1 N–H and O–H groups in total. The van der Waals surface area contributed by atoms with Gasteiger partial charge in [-0.05, 0) is 38.8 Å².